The summed E-state index contributed by atoms with van der Waals surface area (Å²) in [5.41, 5.74) is 2.60. The second-order valence-corrected chi connectivity index (χ2v) is 4.86. The zero-order chi connectivity index (χ0) is 15.9. The minimum atomic E-state index is -0.212. The van der Waals surface area contributed by atoms with Crippen molar-refractivity contribution in [2.45, 2.75) is 13.5 Å². The Labute approximate surface area is 129 Å². The van der Waals surface area contributed by atoms with E-state index in [1.54, 1.807) is 37.4 Å². The van der Waals surface area contributed by atoms with Gasteiger partial charge in [0.25, 0.3) is 5.91 Å². The fourth-order valence-corrected chi connectivity index (χ4v) is 1.74. The van der Waals surface area contributed by atoms with Gasteiger partial charge in [0, 0.05) is 30.2 Å². The van der Waals surface area contributed by atoms with E-state index in [1.165, 1.54) is 6.20 Å². The Bertz CT molecular complexity index is 679. The molecular formula is C17H17N3O2. The summed E-state index contributed by atoms with van der Waals surface area (Å²) in [4.78, 5) is 27.3. The molecule has 0 radical (unpaired) electrons. The van der Waals surface area contributed by atoms with E-state index in [0.29, 0.717) is 23.4 Å². The molecule has 2 rings (SSSR count). The molecule has 2 amide bonds. The molecule has 2 N–H and O–H groups in total. The van der Waals surface area contributed by atoms with E-state index < -0.39 is 0 Å². The summed E-state index contributed by atoms with van der Waals surface area (Å²) in [6.45, 7) is 5.66. The van der Waals surface area contributed by atoms with Gasteiger partial charge in [0.05, 0.1) is 5.56 Å². The van der Waals surface area contributed by atoms with Crippen LogP contribution in [0.25, 0.3) is 0 Å². The molecule has 0 aliphatic rings. The zero-order valence-corrected chi connectivity index (χ0v) is 12.3. The van der Waals surface area contributed by atoms with Gasteiger partial charge in [-0.25, -0.2) is 0 Å². The van der Waals surface area contributed by atoms with Gasteiger partial charge in [-0.3, -0.25) is 14.6 Å². The Morgan fingerprint density at radius 2 is 1.91 bits per heavy atom. The Morgan fingerprint density at radius 1 is 1.18 bits per heavy atom. The molecule has 1 heterocycles. The molecule has 1 aromatic carbocycles. The Morgan fingerprint density at radius 3 is 2.50 bits per heavy atom. The van der Waals surface area contributed by atoms with Gasteiger partial charge in [0.2, 0.25) is 5.91 Å². The number of carbonyl (C=O) groups excluding carboxylic acids is 2. The van der Waals surface area contributed by atoms with Crippen molar-refractivity contribution in [3.05, 3.63) is 72.1 Å². The van der Waals surface area contributed by atoms with E-state index >= 15 is 0 Å². The van der Waals surface area contributed by atoms with Gasteiger partial charge in [-0.1, -0.05) is 18.7 Å². The van der Waals surface area contributed by atoms with E-state index in [1.807, 2.05) is 12.1 Å². The van der Waals surface area contributed by atoms with Gasteiger partial charge < -0.3 is 10.6 Å². The van der Waals surface area contributed by atoms with Crippen molar-refractivity contribution < 1.29 is 9.59 Å². The number of aromatic nitrogens is 1. The van der Waals surface area contributed by atoms with Crippen molar-refractivity contribution >= 4 is 17.5 Å². The summed E-state index contributed by atoms with van der Waals surface area (Å²) in [7, 11) is 0. The van der Waals surface area contributed by atoms with Crippen LogP contribution in [0.3, 0.4) is 0 Å². The SMILES string of the molecule is C=C(C)C(=O)NCc1ccc(NC(=O)c2cccnc2)cc1. The fourth-order valence-electron chi connectivity index (χ4n) is 1.74. The molecule has 5 nitrogen and oxygen atoms in total. The summed E-state index contributed by atoms with van der Waals surface area (Å²) < 4.78 is 0. The third kappa shape index (κ3) is 4.28. The quantitative estimate of drug-likeness (QED) is 0.833. The maximum absolute atomic E-state index is 12.0. The van der Waals surface area contributed by atoms with Crippen molar-refractivity contribution in [3.8, 4) is 0 Å². The number of hydrogen-bond donors (Lipinski definition) is 2. The minimum absolute atomic E-state index is 0.172. The molecule has 0 aliphatic carbocycles. The number of carbonyl (C=O) groups is 2. The lowest BCUT2D eigenvalue weighted by Gasteiger charge is -2.07. The molecule has 2 aromatic rings. The van der Waals surface area contributed by atoms with Crippen LogP contribution in [0.15, 0.2) is 60.9 Å². The van der Waals surface area contributed by atoms with Crippen molar-refractivity contribution in [3.63, 3.8) is 0 Å². The number of rotatable bonds is 5. The van der Waals surface area contributed by atoms with E-state index in [2.05, 4.69) is 22.2 Å². The first kappa shape index (κ1) is 15.4. The smallest absolute Gasteiger partial charge is 0.257 e. The van der Waals surface area contributed by atoms with Crippen LogP contribution in [0.5, 0.6) is 0 Å². The molecule has 0 fully saturated rings. The van der Waals surface area contributed by atoms with Gasteiger partial charge in [0.15, 0.2) is 0 Å². The van der Waals surface area contributed by atoms with Gasteiger partial charge in [-0.05, 0) is 36.8 Å². The van der Waals surface area contributed by atoms with Crippen LogP contribution in [0, 0.1) is 0 Å². The maximum atomic E-state index is 12.0. The van der Waals surface area contributed by atoms with Crippen LogP contribution in [0.2, 0.25) is 0 Å². The molecule has 1 aromatic heterocycles. The lowest BCUT2D eigenvalue weighted by Crippen LogP contribution is -2.22. The van der Waals surface area contributed by atoms with Crippen LogP contribution in [0.4, 0.5) is 5.69 Å². The van der Waals surface area contributed by atoms with Crippen LogP contribution < -0.4 is 10.6 Å². The summed E-state index contributed by atoms with van der Waals surface area (Å²) in [5.74, 6) is -0.384. The molecule has 0 unspecified atom stereocenters. The summed E-state index contributed by atoms with van der Waals surface area (Å²) in [6.07, 6.45) is 3.13. The summed E-state index contributed by atoms with van der Waals surface area (Å²) >= 11 is 0. The van der Waals surface area contributed by atoms with E-state index in [-0.39, 0.29) is 11.8 Å². The second kappa shape index (κ2) is 7.17. The van der Waals surface area contributed by atoms with Gasteiger partial charge >= 0.3 is 0 Å². The average molecular weight is 295 g/mol. The molecular weight excluding hydrogens is 278 g/mol. The number of nitrogens with one attached hydrogen (secondary N) is 2. The normalized spacial score (nSPS) is 9.86. The molecule has 0 saturated heterocycles. The molecule has 0 atom stereocenters. The predicted molar refractivity (Wildman–Crippen MR) is 85.3 cm³/mol. The van der Waals surface area contributed by atoms with Crippen molar-refractivity contribution in [2.24, 2.45) is 0 Å². The Hall–Kier alpha value is -2.95. The van der Waals surface area contributed by atoms with E-state index in [9.17, 15) is 9.59 Å². The predicted octanol–water partition coefficient (Wildman–Crippen LogP) is 2.53. The Kier molecular flexibility index (Phi) is 5.03. The monoisotopic (exact) mass is 295 g/mol. The molecule has 0 bridgehead atoms. The molecule has 0 spiro atoms. The number of amides is 2. The molecule has 0 saturated carbocycles. The summed E-state index contributed by atoms with van der Waals surface area (Å²) in [5, 5.41) is 5.54. The molecule has 22 heavy (non-hydrogen) atoms. The first-order chi connectivity index (χ1) is 10.6. The lowest BCUT2D eigenvalue weighted by atomic mass is 10.2. The molecule has 112 valence electrons. The van der Waals surface area contributed by atoms with Crippen LogP contribution in [-0.2, 0) is 11.3 Å². The zero-order valence-electron chi connectivity index (χ0n) is 12.3. The topological polar surface area (TPSA) is 71.1 Å². The number of hydrogen-bond acceptors (Lipinski definition) is 3. The van der Waals surface area contributed by atoms with Crippen molar-refractivity contribution in [2.75, 3.05) is 5.32 Å². The third-order valence-corrected chi connectivity index (χ3v) is 2.98. The number of pyridine rings is 1. The second-order valence-electron chi connectivity index (χ2n) is 4.86. The highest BCUT2D eigenvalue weighted by Gasteiger charge is 2.06. The minimum Gasteiger partial charge on any atom is -0.348 e. The lowest BCUT2D eigenvalue weighted by molar-refractivity contribution is -0.117. The highest BCUT2D eigenvalue weighted by molar-refractivity contribution is 6.04. The van der Waals surface area contributed by atoms with Crippen LogP contribution in [-0.4, -0.2) is 16.8 Å². The highest BCUT2D eigenvalue weighted by atomic mass is 16.2. The highest BCUT2D eigenvalue weighted by Crippen LogP contribution is 2.11. The van der Waals surface area contributed by atoms with Crippen molar-refractivity contribution in [1.82, 2.24) is 10.3 Å². The fraction of sp³-hybridized carbons (Fsp3) is 0.118. The number of nitrogens with zero attached hydrogens (tertiary/aromatic N) is 1. The van der Waals surface area contributed by atoms with Gasteiger partial charge in [-0.2, -0.15) is 0 Å². The van der Waals surface area contributed by atoms with E-state index in [4.69, 9.17) is 0 Å². The van der Waals surface area contributed by atoms with E-state index in [0.717, 1.165) is 5.56 Å². The standard InChI is InChI=1S/C17H17N3O2/c1-12(2)16(21)19-10-13-5-7-15(8-6-13)20-17(22)14-4-3-9-18-11-14/h3-9,11H,1,10H2,2H3,(H,19,21)(H,20,22). The van der Waals surface area contributed by atoms with Gasteiger partial charge in [0.1, 0.15) is 0 Å². The summed E-state index contributed by atoms with van der Waals surface area (Å²) in [6, 6.07) is 10.7. The average Bonchev–Trinajstić information content (AvgIpc) is 2.54. The first-order valence-electron chi connectivity index (χ1n) is 6.80. The number of anilines is 1. The third-order valence-electron chi connectivity index (χ3n) is 2.98. The largest absolute Gasteiger partial charge is 0.348 e. The van der Waals surface area contributed by atoms with Crippen LogP contribution >= 0.6 is 0 Å². The van der Waals surface area contributed by atoms with Crippen LogP contribution in [0.1, 0.15) is 22.8 Å². The van der Waals surface area contributed by atoms with Gasteiger partial charge in [-0.15, -0.1) is 0 Å². The maximum Gasteiger partial charge on any atom is 0.257 e. The molecule has 5 heteroatoms. The molecule has 0 aliphatic heterocycles. The first-order valence-corrected chi connectivity index (χ1v) is 6.80. The Balaban J connectivity index is 1.93. The number of benzene rings is 1. The van der Waals surface area contributed by atoms with Crippen molar-refractivity contribution in [1.29, 1.82) is 0 Å².